The van der Waals surface area contributed by atoms with Gasteiger partial charge in [-0.25, -0.2) is 14.4 Å². The molecule has 1 unspecified atom stereocenters. The number of anilines is 1. The summed E-state index contributed by atoms with van der Waals surface area (Å²) in [7, 11) is 2.09. The summed E-state index contributed by atoms with van der Waals surface area (Å²) in [5.74, 6) is 1.90. The second-order valence-corrected chi connectivity index (χ2v) is 7.98. The van der Waals surface area contributed by atoms with Gasteiger partial charge in [0.15, 0.2) is 0 Å². The van der Waals surface area contributed by atoms with Gasteiger partial charge in [0, 0.05) is 43.9 Å². The Bertz CT molecular complexity index is 868. The highest BCUT2D eigenvalue weighted by Gasteiger charge is 2.28. The molecule has 1 amide bonds. The number of hydrogen-bond donors (Lipinski definition) is 0. The highest BCUT2D eigenvalue weighted by molar-refractivity contribution is 5.79. The molecule has 148 valence electrons. The maximum atomic E-state index is 13.1. The predicted molar refractivity (Wildman–Crippen MR) is 107 cm³/mol. The molecule has 1 fully saturated rings. The van der Waals surface area contributed by atoms with Crippen molar-refractivity contribution in [3.05, 3.63) is 52.7 Å². The molecule has 1 aromatic heterocycles. The van der Waals surface area contributed by atoms with Gasteiger partial charge in [0.1, 0.15) is 17.5 Å². The van der Waals surface area contributed by atoms with Crippen LogP contribution in [0, 0.1) is 12.7 Å². The molecule has 0 bridgehead atoms. The number of rotatable bonds is 3. The molecule has 0 aliphatic carbocycles. The van der Waals surface area contributed by atoms with Crippen molar-refractivity contribution in [1.82, 2.24) is 14.9 Å². The SMILES string of the molecule is Cc1nc(C2CCCN(C(=O)Cc3ccc(F)cc3)C2)nc2c1CCCN2C. The third kappa shape index (κ3) is 3.86. The molecule has 28 heavy (non-hydrogen) atoms. The summed E-state index contributed by atoms with van der Waals surface area (Å²) in [6.07, 6.45) is 4.44. The van der Waals surface area contributed by atoms with Crippen LogP contribution in [0.3, 0.4) is 0 Å². The lowest BCUT2D eigenvalue weighted by atomic mass is 9.95. The zero-order chi connectivity index (χ0) is 19.7. The van der Waals surface area contributed by atoms with Crippen LogP contribution in [-0.4, -0.2) is 47.5 Å². The number of carbonyl (C=O) groups is 1. The molecule has 0 N–H and O–H groups in total. The zero-order valence-corrected chi connectivity index (χ0v) is 16.6. The smallest absolute Gasteiger partial charge is 0.227 e. The van der Waals surface area contributed by atoms with Crippen LogP contribution in [0.25, 0.3) is 0 Å². The van der Waals surface area contributed by atoms with Crippen LogP contribution in [0.15, 0.2) is 24.3 Å². The predicted octanol–water partition coefficient (Wildman–Crippen LogP) is 3.26. The Morgan fingerprint density at radius 3 is 2.75 bits per heavy atom. The van der Waals surface area contributed by atoms with E-state index < -0.39 is 0 Å². The van der Waals surface area contributed by atoms with Gasteiger partial charge in [-0.15, -0.1) is 0 Å². The number of benzene rings is 1. The Balaban J connectivity index is 1.49. The van der Waals surface area contributed by atoms with Crippen molar-refractivity contribution in [3.8, 4) is 0 Å². The van der Waals surface area contributed by atoms with Crippen LogP contribution in [0.2, 0.25) is 0 Å². The van der Waals surface area contributed by atoms with Gasteiger partial charge in [0.2, 0.25) is 5.91 Å². The normalized spacial score (nSPS) is 19.5. The van der Waals surface area contributed by atoms with Gasteiger partial charge in [-0.05, 0) is 50.3 Å². The first kappa shape index (κ1) is 18.8. The molecule has 2 aliphatic heterocycles. The van der Waals surface area contributed by atoms with E-state index in [1.165, 1.54) is 17.7 Å². The fraction of sp³-hybridized carbons (Fsp3) is 0.500. The van der Waals surface area contributed by atoms with Crippen molar-refractivity contribution < 1.29 is 9.18 Å². The standard InChI is InChI=1S/C22H27FN4O/c1-15-19-6-4-11-26(2)22(19)25-21(24-15)17-5-3-12-27(14-17)20(28)13-16-7-9-18(23)10-8-16/h7-10,17H,3-6,11-14H2,1-2H3. The Morgan fingerprint density at radius 1 is 1.18 bits per heavy atom. The summed E-state index contributed by atoms with van der Waals surface area (Å²) < 4.78 is 13.1. The number of carbonyl (C=O) groups excluding carboxylic acids is 1. The minimum atomic E-state index is -0.279. The molecule has 2 aromatic rings. The average molecular weight is 382 g/mol. The molecule has 1 aromatic carbocycles. The highest BCUT2D eigenvalue weighted by Crippen LogP contribution is 2.31. The molecule has 1 atom stereocenters. The van der Waals surface area contributed by atoms with E-state index in [0.717, 1.165) is 61.7 Å². The summed E-state index contributed by atoms with van der Waals surface area (Å²) in [6, 6.07) is 6.17. The number of fused-ring (bicyclic) bond motifs is 1. The topological polar surface area (TPSA) is 49.3 Å². The first-order valence-electron chi connectivity index (χ1n) is 10.1. The molecule has 5 nitrogen and oxygen atoms in total. The monoisotopic (exact) mass is 382 g/mol. The quantitative estimate of drug-likeness (QED) is 0.818. The molecular formula is C22H27FN4O. The van der Waals surface area contributed by atoms with Gasteiger partial charge >= 0.3 is 0 Å². The Labute approximate surface area is 165 Å². The van der Waals surface area contributed by atoms with Crippen LogP contribution in [0.5, 0.6) is 0 Å². The second kappa shape index (κ2) is 7.86. The van der Waals surface area contributed by atoms with E-state index in [1.807, 2.05) is 4.90 Å². The molecule has 3 heterocycles. The third-order valence-electron chi connectivity index (χ3n) is 5.90. The fourth-order valence-corrected chi connectivity index (χ4v) is 4.30. The number of likely N-dealkylation sites (tertiary alicyclic amines) is 1. The summed E-state index contributed by atoms with van der Waals surface area (Å²) in [6.45, 7) is 4.52. The van der Waals surface area contributed by atoms with Gasteiger partial charge in [0.05, 0.1) is 6.42 Å². The van der Waals surface area contributed by atoms with Gasteiger partial charge < -0.3 is 9.80 Å². The summed E-state index contributed by atoms with van der Waals surface area (Å²) in [5, 5.41) is 0. The van der Waals surface area contributed by atoms with Gasteiger partial charge in [0.25, 0.3) is 0 Å². The first-order valence-corrected chi connectivity index (χ1v) is 10.1. The van der Waals surface area contributed by atoms with E-state index in [0.29, 0.717) is 13.0 Å². The van der Waals surface area contributed by atoms with E-state index >= 15 is 0 Å². The number of nitrogens with zero attached hydrogens (tertiary/aromatic N) is 4. The van der Waals surface area contributed by atoms with E-state index in [1.54, 1.807) is 12.1 Å². The molecule has 0 spiro atoms. The number of aromatic nitrogens is 2. The Kier molecular flexibility index (Phi) is 5.29. The Morgan fingerprint density at radius 2 is 1.96 bits per heavy atom. The van der Waals surface area contributed by atoms with Crippen LogP contribution in [0.1, 0.15) is 47.8 Å². The lowest BCUT2D eigenvalue weighted by Gasteiger charge is -2.33. The Hall–Kier alpha value is -2.50. The minimum Gasteiger partial charge on any atom is -0.359 e. The molecule has 0 radical (unpaired) electrons. The fourth-order valence-electron chi connectivity index (χ4n) is 4.30. The van der Waals surface area contributed by atoms with Crippen molar-refractivity contribution in [2.24, 2.45) is 0 Å². The third-order valence-corrected chi connectivity index (χ3v) is 5.90. The lowest BCUT2D eigenvalue weighted by molar-refractivity contribution is -0.131. The molecular weight excluding hydrogens is 355 g/mol. The van der Waals surface area contributed by atoms with Crippen LogP contribution in [-0.2, 0) is 17.6 Å². The maximum Gasteiger partial charge on any atom is 0.227 e. The number of hydrogen-bond acceptors (Lipinski definition) is 4. The molecule has 1 saturated heterocycles. The molecule has 2 aliphatic rings. The number of amides is 1. The van der Waals surface area contributed by atoms with E-state index in [2.05, 4.69) is 18.9 Å². The minimum absolute atomic E-state index is 0.0862. The maximum absolute atomic E-state index is 13.1. The van der Waals surface area contributed by atoms with Gasteiger partial charge in [-0.3, -0.25) is 4.79 Å². The average Bonchev–Trinajstić information content (AvgIpc) is 2.70. The van der Waals surface area contributed by atoms with Crippen molar-refractivity contribution in [3.63, 3.8) is 0 Å². The number of aryl methyl sites for hydroxylation is 1. The van der Waals surface area contributed by atoms with Crippen LogP contribution < -0.4 is 4.90 Å². The van der Waals surface area contributed by atoms with E-state index in [9.17, 15) is 9.18 Å². The molecule has 0 saturated carbocycles. The van der Waals surface area contributed by atoms with Gasteiger partial charge in [-0.2, -0.15) is 0 Å². The number of piperidine rings is 1. The second-order valence-electron chi connectivity index (χ2n) is 7.98. The van der Waals surface area contributed by atoms with Crippen molar-refractivity contribution in [1.29, 1.82) is 0 Å². The zero-order valence-electron chi connectivity index (χ0n) is 16.6. The summed E-state index contributed by atoms with van der Waals surface area (Å²) in [4.78, 5) is 26.6. The van der Waals surface area contributed by atoms with Crippen molar-refractivity contribution in [2.45, 2.75) is 44.9 Å². The highest BCUT2D eigenvalue weighted by atomic mass is 19.1. The van der Waals surface area contributed by atoms with Crippen molar-refractivity contribution in [2.75, 3.05) is 31.6 Å². The summed E-state index contributed by atoms with van der Waals surface area (Å²) in [5.41, 5.74) is 3.18. The molecule has 4 rings (SSSR count). The first-order chi connectivity index (χ1) is 13.5. The largest absolute Gasteiger partial charge is 0.359 e. The van der Waals surface area contributed by atoms with E-state index in [-0.39, 0.29) is 17.6 Å². The van der Waals surface area contributed by atoms with Crippen LogP contribution in [0.4, 0.5) is 10.2 Å². The summed E-state index contributed by atoms with van der Waals surface area (Å²) >= 11 is 0. The lowest BCUT2D eigenvalue weighted by Crippen LogP contribution is -2.40. The van der Waals surface area contributed by atoms with Crippen LogP contribution >= 0.6 is 0 Å². The number of halogens is 1. The van der Waals surface area contributed by atoms with E-state index in [4.69, 9.17) is 9.97 Å². The molecule has 6 heteroatoms. The van der Waals surface area contributed by atoms with Crippen molar-refractivity contribution >= 4 is 11.7 Å². The van der Waals surface area contributed by atoms with Gasteiger partial charge in [-0.1, -0.05) is 12.1 Å².